The Bertz CT molecular complexity index is 369. The molecule has 0 fully saturated rings. The maximum Gasteiger partial charge on any atom is 0.253 e. The summed E-state index contributed by atoms with van der Waals surface area (Å²) in [7, 11) is 3.23. The van der Waals surface area contributed by atoms with E-state index < -0.39 is 6.10 Å². The maximum atomic E-state index is 11.9. The molecule has 0 heterocycles. The molecule has 0 saturated heterocycles. The molecular formula is C12H18BrClN2O2. The van der Waals surface area contributed by atoms with Crippen LogP contribution in [0.2, 0.25) is 0 Å². The third-order valence-electron chi connectivity index (χ3n) is 2.48. The lowest BCUT2D eigenvalue weighted by Crippen LogP contribution is -2.41. The SMILES string of the molecule is COC(CN)C(=O)N(C)Cc1ccc(Br)cc1.Cl. The Kier molecular flexibility index (Phi) is 8.18. The first kappa shape index (κ1) is 17.4. The van der Waals surface area contributed by atoms with Crippen molar-refractivity contribution in [3.8, 4) is 0 Å². The van der Waals surface area contributed by atoms with Gasteiger partial charge in [0.25, 0.3) is 5.91 Å². The van der Waals surface area contributed by atoms with E-state index in [0.29, 0.717) is 6.54 Å². The fraction of sp³-hybridized carbons (Fsp3) is 0.417. The van der Waals surface area contributed by atoms with Gasteiger partial charge < -0.3 is 15.4 Å². The Morgan fingerprint density at radius 1 is 1.44 bits per heavy atom. The van der Waals surface area contributed by atoms with Crippen molar-refractivity contribution in [3.63, 3.8) is 0 Å². The molecule has 2 N–H and O–H groups in total. The molecule has 1 aromatic carbocycles. The van der Waals surface area contributed by atoms with Crippen LogP contribution in [0, 0.1) is 0 Å². The summed E-state index contributed by atoms with van der Waals surface area (Å²) in [6.07, 6.45) is -0.560. The van der Waals surface area contributed by atoms with E-state index in [1.54, 1.807) is 11.9 Å². The number of nitrogens with two attached hydrogens (primary N) is 1. The highest BCUT2D eigenvalue weighted by atomic mass is 79.9. The molecule has 0 bridgehead atoms. The fourth-order valence-electron chi connectivity index (χ4n) is 1.49. The monoisotopic (exact) mass is 336 g/mol. The molecule has 1 rings (SSSR count). The van der Waals surface area contributed by atoms with Crippen LogP contribution in [-0.4, -0.2) is 37.6 Å². The van der Waals surface area contributed by atoms with E-state index in [2.05, 4.69) is 15.9 Å². The Morgan fingerprint density at radius 3 is 2.44 bits per heavy atom. The summed E-state index contributed by atoms with van der Waals surface area (Å²) >= 11 is 3.37. The molecule has 0 spiro atoms. The second-order valence-corrected chi connectivity index (χ2v) is 4.70. The second kappa shape index (κ2) is 8.48. The number of carbonyl (C=O) groups excluding carboxylic acids is 1. The van der Waals surface area contributed by atoms with Crippen molar-refractivity contribution >= 4 is 34.2 Å². The van der Waals surface area contributed by atoms with Crippen molar-refractivity contribution in [2.24, 2.45) is 5.73 Å². The van der Waals surface area contributed by atoms with Crippen LogP contribution in [0.5, 0.6) is 0 Å². The number of hydrogen-bond donors (Lipinski definition) is 1. The highest BCUT2D eigenvalue weighted by molar-refractivity contribution is 9.10. The van der Waals surface area contributed by atoms with E-state index in [4.69, 9.17) is 10.5 Å². The molecule has 0 aromatic heterocycles. The first-order valence-corrected chi connectivity index (χ1v) is 6.10. The number of rotatable bonds is 5. The molecule has 0 saturated carbocycles. The molecule has 4 nitrogen and oxygen atoms in total. The topological polar surface area (TPSA) is 55.6 Å². The van der Waals surface area contributed by atoms with Crippen molar-refractivity contribution in [3.05, 3.63) is 34.3 Å². The van der Waals surface area contributed by atoms with Gasteiger partial charge in [-0.25, -0.2) is 0 Å². The van der Waals surface area contributed by atoms with E-state index in [1.807, 2.05) is 24.3 Å². The highest BCUT2D eigenvalue weighted by Crippen LogP contribution is 2.12. The van der Waals surface area contributed by atoms with Crippen LogP contribution >= 0.6 is 28.3 Å². The summed E-state index contributed by atoms with van der Waals surface area (Å²) in [4.78, 5) is 13.5. The van der Waals surface area contributed by atoms with Gasteiger partial charge in [-0.05, 0) is 17.7 Å². The Balaban J connectivity index is 0.00000289. The molecule has 102 valence electrons. The van der Waals surface area contributed by atoms with E-state index in [-0.39, 0.29) is 24.9 Å². The zero-order valence-electron chi connectivity index (χ0n) is 10.4. The molecule has 6 heteroatoms. The molecule has 0 radical (unpaired) electrons. The predicted octanol–water partition coefficient (Wildman–Crippen LogP) is 1.80. The van der Waals surface area contributed by atoms with Gasteiger partial charge in [0.05, 0.1) is 0 Å². The molecule has 0 aliphatic carbocycles. The average Bonchev–Trinajstić information content (AvgIpc) is 2.33. The summed E-state index contributed by atoms with van der Waals surface area (Å²) in [6.45, 7) is 0.742. The lowest BCUT2D eigenvalue weighted by atomic mass is 10.2. The molecule has 1 atom stereocenters. The zero-order chi connectivity index (χ0) is 12.8. The van der Waals surface area contributed by atoms with Crippen molar-refractivity contribution in [2.75, 3.05) is 20.7 Å². The predicted molar refractivity (Wildman–Crippen MR) is 77.7 cm³/mol. The molecule has 1 amide bonds. The summed E-state index contributed by atoms with van der Waals surface area (Å²) in [6, 6.07) is 7.84. The normalized spacial score (nSPS) is 11.6. The summed E-state index contributed by atoms with van der Waals surface area (Å²) in [5, 5.41) is 0. The number of benzene rings is 1. The zero-order valence-corrected chi connectivity index (χ0v) is 12.8. The second-order valence-electron chi connectivity index (χ2n) is 3.78. The fourth-order valence-corrected chi connectivity index (χ4v) is 1.75. The highest BCUT2D eigenvalue weighted by Gasteiger charge is 2.19. The minimum atomic E-state index is -0.560. The summed E-state index contributed by atoms with van der Waals surface area (Å²) in [5.74, 6) is -0.0991. The number of halogens is 2. The number of hydrogen-bond acceptors (Lipinski definition) is 3. The first-order chi connectivity index (χ1) is 8.08. The van der Waals surface area contributed by atoms with Gasteiger partial charge in [-0.15, -0.1) is 12.4 Å². The van der Waals surface area contributed by atoms with E-state index in [1.165, 1.54) is 7.11 Å². The molecule has 0 aliphatic heterocycles. The van der Waals surface area contributed by atoms with Crippen LogP contribution in [0.25, 0.3) is 0 Å². The van der Waals surface area contributed by atoms with Crippen LogP contribution in [0.4, 0.5) is 0 Å². The van der Waals surface area contributed by atoms with Gasteiger partial charge in [-0.2, -0.15) is 0 Å². The number of amides is 1. The van der Waals surface area contributed by atoms with Crippen LogP contribution in [0.15, 0.2) is 28.7 Å². The van der Waals surface area contributed by atoms with E-state index in [0.717, 1.165) is 10.0 Å². The molecular weight excluding hydrogens is 320 g/mol. The lowest BCUT2D eigenvalue weighted by molar-refractivity contribution is -0.140. The molecule has 0 aliphatic rings. The largest absolute Gasteiger partial charge is 0.370 e. The van der Waals surface area contributed by atoms with Crippen LogP contribution < -0.4 is 5.73 Å². The van der Waals surface area contributed by atoms with Crippen molar-refractivity contribution in [2.45, 2.75) is 12.6 Å². The summed E-state index contributed by atoms with van der Waals surface area (Å²) < 4.78 is 6.04. The quantitative estimate of drug-likeness (QED) is 0.891. The number of methoxy groups -OCH3 is 1. The van der Waals surface area contributed by atoms with Gasteiger partial charge >= 0.3 is 0 Å². The third-order valence-corrected chi connectivity index (χ3v) is 3.01. The lowest BCUT2D eigenvalue weighted by Gasteiger charge is -2.22. The average molecular weight is 338 g/mol. The van der Waals surface area contributed by atoms with Crippen LogP contribution in [0.3, 0.4) is 0 Å². The third kappa shape index (κ3) is 4.94. The van der Waals surface area contributed by atoms with Crippen LogP contribution in [-0.2, 0) is 16.1 Å². The Morgan fingerprint density at radius 2 is 2.00 bits per heavy atom. The molecule has 18 heavy (non-hydrogen) atoms. The van der Waals surface area contributed by atoms with Crippen molar-refractivity contribution in [1.82, 2.24) is 4.90 Å². The van der Waals surface area contributed by atoms with Gasteiger partial charge in [0.15, 0.2) is 0 Å². The number of ether oxygens (including phenoxy) is 1. The Labute approximate surface area is 122 Å². The number of likely N-dealkylation sites (N-methyl/N-ethyl adjacent to an activating group) is 1. The van der Waals surface area contributed by atoms with Gasteiger partial charge in [0, 0.05) is 31.7 Å². The van der Waals surface area contributed by atoms with Gasteiger partial charge in [-0.3, -0.25) is 4.79 Å². The van der Waals surface area contributed by atoms with Crippen molar-refractivity contribution in [1.29, 1.82) is 0 Å². The number of carbonyl (C=O) groups is 1. The van der Waals surface area contributed by atoms with E-state index >= 15 is 0 Å². The van der Waals surface area contributed by atoms with Crippen molar-refractivity contribution < 1.29 is 9.53 Å². The standard InChI is InChI=1S/C12H17BrN2O2.ClH/c1-15(12(16)11(7-14)17-2)8-9-3-5-10(13)6-4-9;/h3-6,11H,7-8,14H2,1-2H3;1H. The Hall–Kier alpha value is -0.620. The van der Waals surface area contributed by atoms with Gasteiger partial charge in [-0.1, -0.05) is 28.1 Å². The minimum absolute atomic E-state index is 0. The smallest absolute Gasteiger partial charge is 0.253 e. The van der Waals surface area contributed by atoms with E-state index in [9.17, 15) is 4.79 Å². The van der Waals surface area contributed by atoms with Crippen LogP contribution in [0.1, 0.15) is 5.56 Å². The molecule has 1 aromatic rings. The van der Waals surface area contributed by atoms with Gasteiger partial charge in [0.1, 0.15) is 6.10 Å². The summed E-state index contributed by atoms with van der Waals surface area (Å²) in [5.41, 5.74) is 6.52. The maximum absolute atomic E-state index is 11.9. The van der Waals surface area contributed by atoms with Gasteiger partial charge in [0.2, 0.25) is 0 Å². The molecule has 1 unspecified atom stereocenters. The minimum Gasteiger partial charge on any atom is -0.370 e. The first-order valence-electron chi connectivity index (χ1n) is 5.30. The number of nitrogens with zero attached hydrogens (tertiary/aromatic N) is 1.